The maximum atomic E-state index is 3.95. The highest BCUT2D eigenvalue weighted by atomic mass is 15.2. The summed E-state index contributed by atoms with van der Waals surface area (Å²) in [6, 6.07) is 72.9. The summed E-state index contributed by atoms with van der Waals surface area (Å²) in [4.78, 5) is 6.53. The van der Waals surface area contributed by atoms with Crippen LogP contribution in [0.1, 0.15) is 22.3 Å². The Kier molecular flexibility index (Phi) is 8.37. The van der Waals surface area contributed by atoms with Crippen molar-refractivity contribution in [3.63, 3.8) is 0 Å². The van der Waals surface area contributed by atoms with Crippen molar-refractivity contribution in [3.05, 3.63) is 222 Å². The van der Waals surface area contributed by atoms with Gasteiger partial charge in [0.2, 0.25) is 0 Å². The van der Waals surface area contributed by atoms with Crippen LogP contribution in [0.3, 0.4) is 0 Å². The summed E-state index contributed by atoms with van der Waals surface area (Å²) < 4.78 is 0. The second kappa shape index (κ2) is 14.2. The summed E-state index contributed by atoms with van der Waals surface area (Å²) in [6.45, 7) is 4.71. The Morgan fingerprint density at radius 2 is 0.898 bits per heavy atom. The van der Waals surface area contributed by atoms with Crippen LogP contribution in [0.2, 0.25) is 0 Å². The van der Waals surface area contributed by atoms with Gasteiger partial charge in [0.25, 0.3) is 0 Å². The van der Waals surface area contributed by atoms with Crippen LogP contribution in [-0.2, 0) is 6.42 Å². The highest BCUT2D eigenvalue weighted by molar-refractivity contribution is 6.17. The van der Waals surface area contributed by atoms with Crippen molar-refractivity contribution in [3.8, 4) is 55.6 Å². The molecule has 0 bridgehead atoms. The molecule has 0 unspecified atom stereocenters. The Labute approximate surface area is 345 Å². The van der Waals surface area contributed by atoms with E-state index in [2.05, 4.69) is 224 Å². The molecule has 2 heteroatoms. The normalized spacial score (nSPS) is 11.8. The van der Waals surface area contributed by atoms with E-state index in [1.165, 1.54) is 99.9 Å². The summed E-state index contributed by atoms with van der Waals surface area (Å²) in [7, 11) is 0. The minimum absolute atomic E-state index is 0.829. The number of aromatic nitrogens is 1. The number of hydrogen-bond acceptors (Lipinski definition) is 1. The van der Waals surface area contributed by atoms with Crippen LogP contribution in [-0.4, -0.2) is 4.98 Å². The third kappa shape index (κ3) is 5.63. The molecule has 1 N–H and O–H groups in total. The highest BCUT2D eigenvalue weighted by Gasteiger charge is 2.34. The number of H-pyrrole nitrogens is 1. The van der Waals surface area contributed by atoms with Crippen molar-refractivity contribution in [1.82, 2.24) is 4.98 Å². The van der Waals surface area contributed by atoms with E-state index in [1.807, 2.05) is 0 Å². The second-order valence-corrected chi connectivity index (χ2v) is 15.7. The molecule has 0 spiro atoms. The smallest absolute Gasteiger partial charge is 0.0551 e. The number of benzene rings is 9. The molecule has 9 aromatic carbocycles. The topological polar surface area (TPSA) is 19.0 Å². The molecule has 0 amide bonds. The van der Waals surface area contributed by atoms with Crippen LogP contribution < -0.4 is 4.90 Å². The molecule has 59 heavy (non-hydrogen) atoms. The van der Waals surface area contributed by atoms with Gasteiger partial charge in [-0.05, 0) is 93.2 Å². The van der Waals surface area contributed by atoms with Crippen LogP contribution >= 0.6 is 0 Å². The number of anilines is 3. The number of nitrogens with zero attached hydrogens (tertiary/aromatic N) is 1. The van der Waals surface area contributed by atoms with Gasteiger partial charge in [-0.15, -0.1) is 0 Å². The molecular formula is C57H42N2. The van der Waals surface area contributed by atoms with Gasteiger partial charge < -0.3 is 9.88 Å². The third-order valence-corrected chi connectivity index (χ3v) is 12.5. The molecule has 1 aromatic heterocycles. The number of rotatable bonds is 7. The lowest BCUT2D eigenvalue weighted by atomic mass is 9.82. The monoisotopic (exact) mass is 754 g/mol. The number of aromatic amines is 1. The lowest BCUT2D eigenvalue weighted by Gasteiger charge is -2.34. The molecule has 10 aromatic rings. The van der Waals surface area contributed by atoms with E-state index in [-0.39, 0.29) is 0 Å². The van der Waals surface area contributed by atoms with E-state index >= 15 is 0 Å². The van der Waals surface area contributed by atoms with Crippen molar-refractivity contribution in [2.24, 2.45) is 0 Å². The minimum atomic E-state index is 0.829. The van der Waals surface area contributed by atoms with Crippen LogP contribution in [0.5, 0.6) is 0 Å². The fraction of sp³-hybridized carbons (Fsp3) is 0.0526. The number of nitrogens with one attached hydrogen (secondary N) is 1. The fourth-order valence-corrected chi connectivity index (χ4v) is 9.71. The molecule has 0 radical (unpaired) electrons. The molecule has 0 aliphatic heterocycles. The fourth-order valence-electron chi connectivity index (χ4n) is 9.71. The largest absolute Gasteiger partial charge is 0.354 e. The summed E-state index contributed by atoms with van der Waals surface area (Å²) in [5, 5.41) is 2.49. The Balaban J connectivity index is 1.29. The van der Waals surface area contributed by atoms with E-state index in [9.17, 15) is 0 Å². The zero-order valence-electron chi connectivity index (χ0n) is 33.2. The standard InChI is InChI=1S/C57H42N2/c1-37-38(2)57(59(51-32-18-15-27-43(51)39-20-6-3-7-21-39)52-33-19-16-28-44(52)40-22-8-4-9-23-40)49-36-42-26-12-13-29-45(42)54(49)53(37)55-46(41-24-10-5-11-25-41)34-35-48-47-30-14-17-31-50(47)58-56(48)55/h3-35,58H,36H2,1-2H3. The van der Waals surface area contributed by atoms with Gasteiger partial charge in [0.05, 0.1) is 22.6 Å². The molecule has 0 atom stereocenters. The number of fused-ring (bicyclic) bond motifs is 6. The quantitative estimate of drug-likeness (QED) is 0.172. The number of hydrogen-bond donors (Lipinski definition) is 1. The molecule has 280 valence electrons. The first-order valence-corrected chi connectivity index (χ1v) is 20.6. The van der Waals surface area contributed by atoms with Crippen molar-refractivity contribution in [2.45, 2.75) is 20.3 Å². The van der Waals surface area contributed by atoms with E-state index in [0.717, 1.165) is 23.3 Å². The molecule has 11 rings (SSSR count). The van der Waals surface area contributed by atoms with E-state index < -0.39 is 0 Å². The van der Waals surface area contributed by atoms with Gasteiger partial charge in [-0.3, -0.25) is 0 Å². The minimum Gasteiger partial charge on any atom is -0.354 e. The number of para-hydroxylation sites is 3. The van der Waals surface area contributed by atoms with Gasteiger partial charge in [0, 0.05) is 39.4 Å². The Bertz CT molecular complexity index is 3110. The molecular weight excluding hydrogens is 713 g/mol. The summed E-state index contributed by atoms with van der Waals surface area (Å²) in [5.41, 5.74) is 23.5. The van der Waals surface area contributed by atoms with Crippen molar-refractivity contribution < 1.29 is 0 Å². The molecule has 1 aliphatic rings. The zero-order chi connectivity index (χ0) is 39.5. The van der Waals surface area contributed by atoms with Crippen LogP contribution in [0.15, 0.2) is 200 Å². The molecule has 1 aliphatic carbocycles. The summed E-state index contributed by atoms with van der Waals surface area (Å²) in [6.07, 6.45) is 0.829. The molecule has 0 saturated carbocycles. The second-order valence-electron chi connectivity index (χ2n) is 15.7. The lowest BCUT2D eigenvalue weighted by Crippen LogP contribution is -2.17. The first kappa shape index (κ1) is 34.8. The van der Waals surface area contributed by atoms with Crippen molar-refractivity contribution in [2.75, 3.05) is 4.90 Å². The summed E-state index contributed by atoms with van der Waals surface area (Å²) in [5.74, 6) is 0. The van der Waals surface area contributed by atoms with Gasteiger partial charge in [-0.2, -0.15) is 0 Å². The third-order valence-electron chi connectivity index (χ3n) is 12.5. The van der Waals surface area contributed by atoms with Crippen molar-refractivity contribution >= 4 is 38.9 Å². The average Bonchev–Trinajstić information content (AvgIpc) is 3.88. The molecule has 0 fully saturated rings. The van der Waals surface area contributed by atoms with Gasteiger partial charge in [0.15, 0.2) is 0 Å². The van der Waals surface area contributed by atoms with Gasteiger partial charge >= 0.3 is 0 Å². The highest BCUT2D eigenvalue weighted by Crippen LogP contribution is 2.57. The van der Waals surface area contributed by atoms with E-state index in [0.29, 0.717) is 0 Å². The maximum Gasteiger partial charge on any atom is 0.0551 e. The average molecular weight is 755 g/mol. The SMILES string of the molecule is Cc1c(C)c(N(c2ccccc2-c2ccccc2)c2ccccc2-c2ccccc2)c2c(c1-c1c(-c3ccccc3)ccc3c1[nH]c1ccccc13)-c1ccccc1C2. The first-order valence-electron chi connectivity index (χ1n) is 20.6. The van der Waals surface area contributed by atoms with E-state index in [1.54, 1.807) is 0 Å². The molecule has 2 nitrogen and oxygen atoms in total. The van der Waals surface area contributed by atoms with Gasteiger partial charge in [0.1, 0.15) is 0 Å². The predicted octanol–water partition coefficient (Wildman–Crippen LogP) is 15.6. The lowest BCUT2D eigenvalue weighted by molar-refractivity contribution is 1.16. The van der Waals surface area contributed by atoms with Crippen LogP contribution in [0, 0.1) is 13.8 Å². The Hall–Kier alpha value is -7.42. The summed E-state index contributed by atoms with van der Waals surface area (Å²) >= 11 is 0. The van der Waals surface area contributed by atoms with Gasteiger partial charge in [-0.25, -0.2) is 0 Å². The predicted molar refractivity (Wildman–Crippen MR) is 250 cm³/mol. The zero-order valence-corrected chi connectivity index (χ0v) is 33.2. The molecule has 0 saturated heterocycles. The van der Waals surface area contributed by atoms with Crippen molar-refractivity contribution in [1.29, 1.82) is 0 Å². The van der Waals surface area contributed by atoms with Gasteiger partial charge in [-0.1, -0.05) is 182 Å². The maximum absolute atomic E-state index is 3.95. The Morgan fingerprint density at radius 1 is 0.390 bits per heavy atom. The molecule has 1 heterocycles. The first-order chi connectivity index (χ1) is 29.2. The van der Waals surface area contributed by atoms with Crippen LogP contribution in [0.25, 0.3) is 77.4 Å². The Morgan fingerprint density at radius 3 is 1.53 bits per heavy atom. The van der Waals surface area contributed by atoms with Crippen LogP contribution in [0.4, 0.5) is 17.1 Å². The van der Waals surface area contributed by atoms with E-state index in [4.69, 9.17) is 0 Å².